The van der Waals surface area contributed by atoms with Crippen LogP contribution in [0.2, 0.25) is 0 Å². The largest absolute Gasteiger partial charge is 0.476 e. The monoisotopic (exact) mass is 167 g/mol. The average Bonchev–Trinajstić information content (AvgIpc) is 2.09. The maximum absolute atomic E-state index is 5.45. The van der Waals surface area contributed by atoms with Crippen molar-refractivity contribution in [3.63, 3.8) is 0 Å². The molecule has 0 spiro atoms. The molecule has 0 saturated heterocycles. The molecule has 0 aliphatic heterocycles. The van der Waals surface area contributed by atoms with Crippen LogP contribution in [0.15, 0.2) is 18.3 Å². The first-order valence-corrected chi connectivity index (χ1v) is 3.82. The highest BCUT2D eigenvalue weighted by atomic mass is 16.5. The minimum atomic E-state index is 0.611. The van der Waals surface area contributed by atoms with Gasteiger partial charge in [0.25, 0.3) is 0 Å². The van der Waals surface area contributed by atoms with Gasteiger partial charge < -0.3 is 15.8 Å². The molecule has 1 rings (SSSR count). The molecule has 0 fully saturated rings. The average molecular weight is 167 g/mol. The summed E-state index contributed by atoms with van der Waals surface area (Å²) in [6.45, 7) is 1.43. The molecule has 0 unspecified atom stereocenters. The standard InChI is InChI=1S/C8H13N3O/c1-10-4-5-12-8-3-2-7(9)6-11-8/h2-3,6,10H,4-5,9H2,1H3. The van der Waals surface area contributed by atoms with Crippen LogP contribution < -0.4 is 15.8 Å². The molecule has 1 aromatic rings. The summed E-state index contributed by atoms with van der Waals surface area (Å²) in [5, 5.41) is 2.97. The van der Waals surface area contributed by atoms with E-state index in [0.29, 0.717) is 18.2 Å². The molecule has 0 aromatic carbocycles. The Kier molecular flexibility index (Phi) is 3.35. The van der Waals surface area contributed by atoms with Gasteiger partial charge in [0.15, 0.2) is 0 Å². The van der Waals surface area contributed by atoms with E-state index in [2.05, 4.69) is 10.3 Å². The minimum absolute atomic E-state index is 0.611. The molecule has 0 radical (unpaired) electrons. The molecule has 0 amide bonds. The molecule has 4 nitrogen and oxygen atoms in total. The van der Waals surface area contributed by atoms with Gasteiger partial charge >= 0.3 is 0 Å². The molecule has 0 bridgehead atoms. The lowest BCUT2D eigenvalue weighted by molar-refractivity contribution is 0.306. The lowest BCUT2D eigenvalue weighted by atomic mass is 10.4. The number of likely N-dealkylation sites (N-methyl/N-ethyl adjacent to an activating group) is 1. The summed E-state index contributed by atoms with van der Waals surface area (Å²) in [5.41, 5.74) is 6.10. The minimum Gasteiger partial charge on any atom is -0.476 e. The Morgan fingerprint density at radius 1 is 1.58 bits per heavy atom. The maximum atomic E-state index is 5.45. The SMILES string of the molecule is CNCCOc1ccc(N)cn1. The van der Waals surface area contributed by atoms with Crippen molar-refractivity contribution in [3.8, 4) is 5.88 Å². The molecule has 66 valence electrons. The predicted molar refractivity (Wildman–Crippen MR) is 48.1 cm³/mol. The first-order chi connectivity index (χ1) is 5.83. The summed E-state index contributed by atoms with van der Waals surface area (Å²) in [7, 11) is 1.87. The van der Waals surface area contributed by atoms with Crippen molar-refractivity contribution in [3.05, 3.63) is 18.3 Å². The molecule has 3 N–H and O–H groups in total. The third-order valence-corrected chi connectivity index (χ3v) is 1.36. The Labute approximate surface area is 71.7 Å². The highest BCUT2D eigenvalue weighted by molar-refractivity contribution is 5.35. The van der Waals surface area contributed by atoms with E-state index < -0.39 is 0 Å². The number of hydrogen-bond donors (Lipinski definition) is 2. The fourth-order valence-electron chi connectivity index (χ4n) is 0.735. The van der Waals surface area contributed by atoms with E-state index in [1.54, 1.807) is 18.3 Å². The summed E-state index contributed by atoms with van der Waals surface area (Å²) in [4.78, 5) is 3.98. The summed E-state index contributed by atoms with van der Waals surface area (Å²) in [6.07, 6.45) is 1.58. The van der Waals surface area contributed by atoms with Crippen LogP contribution in [-0.4, -0.2) is 25.2 Å². The second-order valence-corrected chi connectivity index (χ2v) is 2.38. The number of nitrogens with zero attached hydrogens (tertiary/aromatic N) is 1. The normalized spacial score (nSPS) is 9.75. The fourth-order valence-corrected chi connectivity index (χ4v) is 0.735. The zero-order valence-corrected chi connectivity index (χ0v) is 7.08. The van der Waals surface area contributed by atoms with Gasteiger partial charge in [-0.2, -0.15) is 0 Å². The van der Waals surface area contributed by atoms with Crippen molar-refractivity contribution in [2.75, 3.05) is 25.9 Å². The van der Waals surface area contributed by atoms with E-state index in [4.69, 9.17) is 10.5 Å². The molecule has 0 saturated carbocycles. The van der Waals surface area contributed by atoms with Gasteiger partial charge in [-0.05, 0) is 13.1 Å². The Morgan fingerprint density at radius 2 is 2.42 bits per heavy atom. The lowest BCUT2D eigenvalue weighted by Gasteiger charge is -2.03. The highest BCUT2D eigenvalue weighted by Crippen LogP contribution is 2.07. The van der Waals surface area contributed by atoms with Gasteiger partial charge in [-0.3, -0.25) is 0 Å². The second-order valence-electron chi connectivity index (χ2n) is 2.38. The molecule has 0 atom stereocenters. The number of pyridine rings is 1. The van der Waals surface area contributed by atoms with Gasteiger partial charge in [-0.15, -0.1) is 0 Å². The van der Waals surface area contributed by atoms with Gasteiger partial charge in [0.1, 0.15) is 6.61 Å². The van der Waals surface area contributed by atoms with E-state index in [1.165, 1.54) is 0 Å². The predicted octanol–water partition coefficient (Wildman–Crippen LogP) is 0.262. The van der Waals surface area contributed by atoms with Crippen molar-refractivity contribution < 1.29 is 4.74 Å². The molecule has 0 aliphatic carbocycles. The van der Waals surface area contributed by atoms with Gasteiger partial charge in [-0.25, -0.2) is 4.98 Å². The summed E-state index contributed by atoms with van der Waals surface area (Å²) in [6, 6.07) is 3.52. The van der Waals surface area contributed by atoms with Crippen LogP contribution >= 0.6 is 0 Å². The van der Waals surface area contributed by atoms with Gasteiger partial charge in [0, 0.05) is 12.6 Å². The molecule has 12 heavy (non-hydrogen) atoms. The third kappa shape index (κ3) is 2.75. The second kappa shape index (κ2) is 4.56. The number of rotatable bonds is 4. The van der Waals surface area contributed by atoms with Gasteiger partial charge in [-0.1, -0.05) is 0 Å². The Bertz CT molecular complexity index is 222. The molecular weight excluding hydrogens is 154 g/mol. The van der Waals surface area contributed by atoms with E-state index in [-0.39, 0.29) is 0 Å². The van der Waals surface area contributed by atoms with E-state index in [9.17, 15) is 0 Å². The quantitative estimate of drug-likeness (QED) is 0.631. The van der Waals surface area contributed by atoms with E-state index in [1.807, 2.05) is 7.05 Å². The van der Waals surface area contributed by atoms with Gasteiger partial charge in [0.05, 0.1) is 11.9 Å². The fraction of sp³-hybridized carbons (Fsp3) is 0.375. The lowest BCUT2D eigenvalue weighted by Crippen LogP contribution is -2.16. The van der Waals surface area contributed by atoms with Crippen LogP contribution in [0.1, 0.15) is 0 Å². The first-order valence-electron chi connectivity index (χ1n) is 3.82. The maximum Gasteiger partial charge on any atom is 0.213 e. The number of anilines is 1. The molecule has 4 heteroatoms. The number of nitrogens with one attached hydrogen (secondary N) is 1. The number of nitrogen functional groups attached to an aromatic ring is 1. The van der Waals surface area contributed by atoms with E-state index >= 15 is 0 Å². The Morgan fingerprint density at radius 3 is 3.00 bits per heavy atom. The van der Waals surface area contributed by atoms with Crippen LogP contribution in [0.5, 0.6) is 5.88 Å². The van der Waals surface area contributed by atoms with E-state index in [0.717, 1.165) is 6.54 Å². The molecular formula is C8H13N3O. The Hall–Kier alpha value is -1.29. The van der Waals surface area contributed by atoms with Crippen molar-refractivity contribution in [2.45, 2.75) is 0 Å². The third-order valence-electron chi connectivity index (χ3n) is 1.36. The topological polar surface area (TPSA) is 60.2 Å². The van der Waals surface area contributed by atoms with Crippen LogP contribution in [0, 0.1) is 0 Å². The number of aromatic nitrogens is 1. The number of ether oxygens (including phenoxy) is 1. The van der Waals surface area contributed by atoms with Crippen molar-refractivity contribution in [1.29, 1.82) is 0 Å². The van der Waals surface area contributed by atoms with Crippen LogP contribution in [0.25, 0.3) is 0 Å². The van der Waals surface area contributed by atoms with Gasteiger partial charge in [0.2, 0.25) is 5.88 Å². The molecule has 1 aromatic heterocycles. The molecule has 1 heterocycles. The number of nitrogens with two attached hydrogens (primary N) is 1. The van der Waals surface area contributed by atoms with Crippen LogP contribution in [0.3, 0.4) is 0 Å². The smallest absolute Gasteiger partial charge is 0.213 e. The van der Waals surface area contributed by atoms with Crippen molar-refractivity contribution >= 4 is 5.69 Å². The zero-order chi connectivity index (χ0) is 8.81. The summed E-state index contributed by atoms with van der Waals surface area (Å²) in [5.74, 6) is 0.611. The van der Waals surface area contributed by atoms with Crippen molar-refractivity contribution in [2.24, 2.45) is 0 Å². The summed E-state index contributed by atoms with van der Waals surface area (Å²) >= 11 is 0. The first kappa shape index (κ1) is 8.80. The highest BCUT2D eigenvalue weighted by Gasteiger charge is 1.92. The summed E-state index contributed by atoms with van der Waals surface area (Å²) < 4.78 is 5.27. The zero-order valence-electron chi connectivity index (χ0n) is 7.08. The van der Waals surface area contributed by atoms with Crippen LogP contribution in [-0.2, 0) is 0 Å². The van der Waals surface area contributed by atoms with Crippen LogP contribution in [0.4, 0.5) is 5.69 Å². The molecule has 0 aliphatic rings. The Balaban J connectivity index is 2.37. The van der Waals surface area contributed by atoms with Crippen molar-refractivity contribution in [1.82, 2.24) is 10.3 Å². The number of hydrogen-bond acceptors (Lipinski definition) is 4.